The summed E-state index contributed by atoms with van der Waals surface area (Å²) >= 11 is 0. The summed E-state index contributed by atoms with van der Waals surface area (Å²) in [6, 6.07) is 13.0. The number of rotatable bonds is 4. The van der Waals surface area contributed by atoms with Gasteiger partial charge in [-0.1, -0.05) is 18.2 Å². The monoisotopic (exact) mass is 308 g/mol. The highest BCUT2D eigenvalue weighted by molar-refractivity contribution is 5.69. The maximum Gasteiger partial charge on any atom is 0.269 e. The molecule has 2 aromatic carbocycles. The number of hydrogen-bond acceptors (Lipinski definition) is 5. The molecule has 0 atom stereocenters. The lowest BCUT2D eigenvalue weighted by Crippen LogP contribution is -1.86. The molecule has 0 aliphatic carbocycles. The van der Waals surface area contributed by atoms with Crippen LogP contribution in [0.4, 0.5) is 5.69 Å². The second-order valence-corrected chi connectivity index (χ2v) is 4.74. The Bertz CT molecular complexity index is 869. The third kappa shape index (κ3) is 3.24. The number of nitrogens with zero attached hydrogens (tertiary/aromatic N) is 3. The van der Waals surface area contributed by atoms with Gasteiger partial charge in [-0.2, -0.15) is 5.10 Å². The minimum absolute atomic E-state index is 0.0451. The van der Waals surface area contributed by atoms with E-state index >= 15 is 0 Å². The number of phenols is 1. The Labute approximate surface area is 131 Å². The molecule has 0 fully saturated rings. The third-order valence-electron chi connectivity index (χ3n) is 3.19. The summed E-state index contributed by atoms with van der Waals surface area (Å²) in [4.78, 5) is 14.4. The number of benzene rings is 2. The molecule has 2 N–H and O–H groups in total. The van der Waals surface area contributed by atoms with Crippen LogP contribution < -0.4 is 0 Å². The van der Waals surface area contributed by atoms with E-state index < -0.39 is 4.92 Å². The quantitative estimate of drug-likeness (QED) is 0.568. The van der Waals surface area contributed by atoms with Crippen molar-refractivity contribution in [1.29, 1.82) is 0 Å². The first-order valence-corrected chi connectivity index (χ1v) is 6.77. The molecule has 1 aromatic heterocycles. The largest absolute Gasteiger partial charge is 0.507 e. The molecule has 7 nitrogen and oxygen atoms in total. The van der Waals surface area contributed by atoms with Crippen molar-refractivity contribution in [3.05, 3.63) is 70.0 Å². The molecule has 3 aromatic rings. The van der Waals surface area contributed by atoms with Gasteiger partial charge in [-0.15, -0.1) is 0 Å². The molecule has 0 aliphatic heterocycles. The number of H-pyrrole nitrogens is 1. The molecule has 0 aliphatic rings. The number of para-hydroxylation sites is 1. The van der Waals surface area contributed by atoms with Gasteiger partial charge in [-0.05, 0) is 35.9 Å². The van der Waals surface area contributed by atoms with Crippen molar-refractivity contribution < 1.29 is 10.0 Å². The van der Waals surface area contributed by atoms with E-state index in [0.29, 0.717) is 17.2 Å². The van der Waals surface area contributed by atoms with E-state index in [2.05, 4.69) is 15.2 Å². The number of non-ortho nitro benzene ring substituents is 1. The summed E-state index contributed by atoms with van der Waals surface area (Å²) in [5, 5.41) is 27.2. The SMILES string of the molecule is O=[N+]([O-])c1ccc(/C=C/c2nc(-c3ccccc3O)n[nH]2)cc1. The number of phenolic OH excluding ortho intramolecular Hbond substituents is 1. The van der Waals surface area contributed by atoms with Gasteiger partial charge in [0.25, 0.3) is 5.69 Å². The van der Waals surface area contributed by atoms with Crippen LogP contribution >= 0.6 is 0 Å². The smallest absolute Gasteiger partial charge is 0.269 e. The summed E-state index contributed by atoms with van der Waals surface area (Å²) in [7, 11) is 0. The van der Waals surface area contributed by atoms with Gasteiger partial charge in [-0.3, -0.25) is 15.2 Å². The van der Waals surface area contributed by atoms with E-state index in [1.54, 1.807) is 48.6 Å². The van der Waals surface area contributed by atoms with Crippen molar-refractivity contribution in [3.63, 3.8) is 0 Å². The van der Waals surface area contributed by atoms with Crippen molar-refractivity contribution in [3.8, 4) is 17.1 Å². The van der Waals surface area contributed by atoms with Gasteiger partial charge in [0.1, 0.15) is 11.6 Å². The van der Waals surface area contributed by atoms with Crippen LogP contribution in [0.5, 0.6) is 5.75 Å². The van der Waals surface area contributed by atoms with Gasteiger partial charge in [0, 0.05) is 12.1 Å². The van der Waals surface area contributed by atoms with Crippen LogP contribution in [0.15, 0.2) is 48.5 Å². The standard InChI is InChI=1S/C16H12N4O3/c21-14-4-2-1-3-13(14)16-17-15(18-19-16)10-7-11-5-8-12(9-6-11)20(22)23/h1-10,21H,(H,17,18,19)/b10-7+. The van der Waals surface area contributed by atoms with Gasteiger partial charge < -0.3 is 5.11 Å². The van der Waals surface area contributed by atoms with E-state index in [-0.39, 0.29) is 11.4 Å². The van der Waals surface area contributed by atoms with E-state index in [4.69, 9.17) is 0 Å². The average Bonchev–Trinajstić information content (AvgIpc) is 3.02. The molecule has 0 amide bonds. The number of aromatic hydroxyl groups is 1. The first-order valence-electron chi connectivity index (χ1n) is 6.77. The highest BCUT2D eigenvalue weighted by Crippen LogP contribution is 2.25. The van der Waals surface area contributed by atoms with Crippen LogP contribution in [0.3, 0.4) is 0 Å². The van der Waals surface area contributed by atoms with Crippen LogP contribution in [-0.2, 0) is 0 Å². The highest BCUT2D eigenvalue weighted by Gasteiger charge is 2.08. The number of hydrogen-bond donors (Lipinski definition) is 2. The maximum atomic E-state index is 10.6. The zero-order valence-electron chi connectivity index (χ0n) is 11.9. The summed E-state index contributed by atoms with van der Waals surface area (Å²) in [6.45, 7) is 0. The summed E-state index contributed by atoms with van der Waals surface area (Å²) in [5.41, 5.74) is 1.39. The van der Waals surface area contributed by atoms with Crippen LogP contribution in [-0.4, -0.2) is 25.2 Å². The third-order valence-corrected chi connectivity index (χ3v) is 3.19. The fraction of sp³-hybridized carbons (Fsp3) is 0. The molecular weight excluding hydrogens is 296 g/mol. The molecule has 7 heteroatoms. The van der Waals surface area contributed by atoms with E-state index in [0.717, 1.165) is 5.56 Å². The first-order chi connectivity index (χ1) is 11.1. The molecule has 0 spiro atoms. The minimum Gasteiger partial charge on any atom is -0.507 e. The Balaban J connectivity index is 1.79. The van der Waals surface area contributed by atoms with E-state index in [1.165, 1.54) is 12.1 Å². The maximum absolute atomic E-state index is 10.6. The van der Waals surface area contributed by atoms with Crippen molar-refractivity contribution in [2.75, 3.05) is 0 Å². The van der Waals surface area contributed by atoms with Crippen molar-refractivity contribution in [2.45, 2.75) is 0 Å². The summed E-state index contributed by atoms with van der Waals surface area (Å²) in [5.74, 6) is 1.02. The predicted molar refractivity (Wildman–Crippen MR) is 85.5 cm³/mol. The number of nitrogens with one attached hydrogen (secondary N) is 1. The van der Waals surface area contributed by atoms with Gasteiger partial charge in [0.15, 0.2) is 5.82 Å². The molecule has 3 rings (SSSR count). The first kappa shape index (κ1) is 14.5. The summed E-state index contributed by atoms with van der Waals surface area (Å²) in [6.07, 6.45) is 3.47. The van der Waals surface area contributed by atoms with Gasteiger partial charge in [-0.25, -0.2) is 4.98 Å². The fourth-order valence-corrected chi connectivity index (χ4v) is 2.01. The summed E-state index contributed by atoms with van der Waals surface area (Å²) < 4.78 is 0. The number of aromatic nitrogens is 3. The lowest BCUT2D eigenvalue weighted by molar-refractivity contribution is -0.384. The van der Waals surface area contributed by atoms with Gasteiger partial charge in [0.05, 0.1) is 10.5 Å². The Morgan fingerprint density at radius 1 is 1.09 bits per heavy atom. The predicted octanol–water partition coefficient (Wildman–Crippen LogP) is 3.26. The number of nitro benzene ring substituents is 1. The number of aromatic amines is 1. The van der Waals surface area contributed by atoms with Crippen molar-refractivity contribution in [1.82, 2.24) is 15.2 Å². The zero-order chi connectivity index (χ0) is 16.2. The lowest BCUT2D eigenvalue weighted by atomic mass is 10.2. The van der Waals surface area contributed by atoms with Crippen LogP contribution in [0.25, 0.3) is 23.5 Å². The van der Waals surface area contributed by atoms with Gasteiger partial charge >= 0.3 is 0 Å². The fourth-order valence-electron chi connectivity index (χ4n) is 2.01. The molecule has 0 saturated carbocycles. The second-order valence-electron chi connectivity index (χ2n) is 4.74. The van der Waals surface area contributed by atoms with Crippen LogP contribution in [0.1, 0.15) is 11.4 Å². The molecule has 0 radical (unpaired) electrons. The highest BCUT2D eigenvalue weighted by atomic mass is 16.6. The average molecular weight is 308 g/mol. The Morgan fingerprint density at radius 3 is 2.52 bits per heavy atom. The van der Waals surface area contributed by atoms with E-state index in [9.17, 15) is 15.2 Å². The van der Waals surface area contributed by atoms with Crippen LogP contribution in [0.2, 0.25) is 0 Å². The molecule has 114 valence electrons. The van der Waals surface area contributed by atoms with Gasteiger partial charge in [0.2, 0.25) is 0 Å². The minimum atomic E-state index is -0.442. The second kappa shape index (κ2) is 6.10. The molecular formula is C16H12N4O3. The van der Waals surface area contributed by atoms with Crippen molar-refractivity contribution >= 4 is 17.8 Å². The zero-order valence-corrected chi connectivity index (χ0v) is 11.9. The topological polar surface area (TPSA) is 105 Å². The molecule has 0 bridgehead atoms. The van der Waals surface area contributed by atoms with E-state index in [1.807, 2.05) is 0 Å². The molecule has 23 heavy (non-hydrogen) atoms. The molecule has 1 heterocycles. The Kier molecular flexibility index (Phi) is 3.84. The number of nitro groups is 1. The van der Waals surface area contributed by atoms with Crippen molar-refractivity contribution in [2.24, 2.45) is 0 Å². The Hall–Kier alpha value is -3.48. The Morgan fingerprint density at radius 2 is 1.83 bits per heavy atom. The molecule has 0 saturated heterocycles. The lowest BCUT2D eigenvalue weighted by Gasteiger charge is -1.97. The normalized spacial score (nSPS) is 11.0. The van der Waals surface area contributed by atoms with Crippen LogP contribution in [0, 0.1) is 10.1 Å². The molecule has 0 unspecified atom stereocenters.